The van der Waals surface area contributed by atoms with Gasteiger partial charge < -0.3 is 10.1 Å². The highest BCUT2D eigenvalue weighted by molar-refractivity contribution is 7.18. The minimum Gasteiger partial charge on any atom is -0.497 e. The van der Waals surface area contributed by atoms with E-state index in [1.54, 1.807) is 31.4 Å². The Labute approximate surface area is 183 Å². The van der Waals surface area contributed by atoms with Crippen LogP contribution in [0.4, 0.5) is 5.13 Å². The van der Waals surface area contributed by atoms with Crippen molar-refractivity contribution in [2.75, 3.05) is 12.4 Å². The number of hydrogen-bond donors (Lipinski definition) is 2. The molecule has 1 unspecified atom stereocenters. The summed E-state index contributed by atoms with van der Waals surface area (Å²) in [5, 5.41) is 15.0. The van der Waals surface area contributed by atoms with Gasteiger partial charge in [-0.2, -0.15) is 0 Å². The Morgan fingerprint density at radius 2 is 1.87 bits per heavy atom. The second-order valence-electron chi connectivity index (χ2n) is 6.81. The van der Waals surface area contributed by atoms with Crippen molar-refractivity contribution in [3.8, 4) is 16.3 Å². The second kappa shape index (κ2) is 9.69. The molecule has 0 aliphatic carbocycles. The molecular formula is C21H21ClN4O3S. The zero-order valence-electron chi connectivity index (χ0n) is 16.7. The maximum absolute atomic E-state index is 12.8. The lowest BCUT2D eigenvalue weighted by molar-refractivity contribution is -0.118. The zero-order chi connectivity index (χ0) is 21.7. The van der Waals surface area contributed by atoms with Crippen LogP contribution in [0.3, 0.4) is 0 Å². The molecule has 2 N–H and O–H groups in total. The number of halogens is 1. The summed E-state index contributed by atoms with van der Waals surface area (Å²) in [5.74, 6) is -0.236. The number of rotatable bonds is 7. The molecule has 30 heavy (non-hydrogen) atoms. The number of hydrogen-bond acceptors (Lipinski definition) is 6. The molecule has 2 aromatic carbocycles. The van der Waals surface area contributed by atoms with Crippen molar-refractivity contribution in [1.82, 2.24) is 15.5 Å². The third-order valence-corrected chi connectivity index (χ3v) is 5.54. The van der Waals surface area contributed by atoms with E-state index in [9.17, 15) is 9.59 Å². The Morgan fingerprint density at radius 1 is 1.10 bits per heavy atom. The van der Waals surface area contributed by atoms with E-state index in [1.807, 2.05) is 38.1 Å². The number of benzene rings is 2. The lowest BCUT2D eigenvalue weighted by atomic mass is 10.0. The first kappa shape index (κ1) is 21.7. The van der Waals surface area contributed by atoms with Crippen molar-refractivity contribution in [2.45, 2.75) is 19.9 Å². The first-order valence-electron chi connectivity index (χ1n) is 9.23. The molecule has 1 heterocycles. The van der Waals surface area contributed by atoms with Gasteiger partial charge >= 0.3 is 0 Å². The molecule has 156 valence electrons. The fraction of sp³-hybridized carbons (Fsp3) is 0.238. The minimum atomic E-state index is -0.766. The lowest BCUT2D eigenvalue weighted by Crippen LogP contribution is -2.47. The van der Waals surface area contributed by atoms with Crippen molar-refractivity contribution < 1.29 is 14.3 Å². The van der Waals surface area contributed by atoms with Gasteiger partial charge in [0.15, 0.2) is 0 Å². The standard InChI is InChI=1S/C21H21ClN4O3S/c1-12(2)17(23-18(27)15-9-4-5-10-16(15)22)19(28)24-21-26-25-20(30-21)13-7-6-8-14(11-13)29-3/h4-12,17H,1-3H3,(H,23,27)(H,24,26,28). The fourth-order valence-electron chi connectivity index (χ4n) is 2.73. The summed E-state index contributed by atoms with van der Waals surface area (Å²) >= 11 is 7.32. The molecule has 3 rings (SSSR count). The highest BCUT2D eigenvalue weighted by Crippen LogP contribution is 2.29. The smallest absolute Gasteiger partial charge is 0.253 e. The third kappa shape index (κ3) is 5.14. The molecule has 0 radical (unpaired) electrons. The van der Waals surface area contributed by atoms with Gasteiger partial charge in [0.05, 0.1) is 17.7 Å². The van der Waals surface area contributed by atoms with Gasteiger partial charge in [-0.15, -0.1) is 10.2 Å². The van der Waals surface area contributed by atoms with Crippen LogP contribution in [0.1, 0.15) is 24.2 Å². The maximum Gasteiger partial charge on any atom is 0.253 e. The van der Waals surface area contributed by atoms with E-state index in [4.69, 9.17) is 16.3 Å². The van der Waals surface area contributed by atoms with Gasteiger partial charge in [-0.05, 0) is 30.2 Å². The first-order chi connectivity index (χ1) is 14.4. The van der Waals surface area contributed by atoms with Crippen LogP contribution in [-0.2, 0) is 4.79 Å². The van der Waals surface area contributed by atoms with Crippen LogP contribution in [0.25, 0.3) is 10.6 Å². The van der Waals surface area contributed by atoms with Gasteiger partial charge in [-0.25, -0.2) is 0 Å². The molecule has 0 saturated carbocycles. The average Bonchev–Trinajstić information content (AvgIpc) is 3.20. The van der Waals surface area contributed by atoms with Crippen molar-refractivity contribution in [3.63, 3.8) is 0 Å². The molecule has 1 aromatic heterocycles. The van der Waals surface area contributed by atoms with Gasteiger partial charge in [0.25, 0.3) is 5.91 Å². The van der Waals surface area contributed by atoms with Crippen LogP contribution >= 0.6 is 22.9 Å². The monoisotopic (exact) mass is 444 g/mol. The Hall–Kier alpha value is -2.97. The SMILES string of the molecule is COc1cccc(-c2nnc(NC(=O)C(NC(=O)c3ccccc3Cl)C(C)C)s2)c1. The lowest BCUT2D eigenvalue weighted by Gasteiger charge is -2.21. The normalized spacial score (nSPS) is 11.8. The number of aromatic nitrogens is 2. The molecule has 0 saturated heterocycles. The Balaban J connectivity index is 1.72. The van der Waals surface area contributed by atoms with E-state index in [0.717, 1.165) is 5.56 Å². The molecule has 0 aliphatic rings. The number of nitrogens with one attached hydrogen (secondary N) is 2. The molecule has 2 amide bonds. The van der Waals surface area contributed by atoms with E-state index in [0.29, 0.717) is 26.5 Å². The fourth-order valence-corrected chi connectivity index (χ4v) is 3.69. The van der Waals surface area contributed by atoms with E-state index in [1.165, 1.54) is 11.3 Å². The van der Waals surface area contributed by atoms with E-state index < -0.39 is 11.9 Å². The quantitative estimate of drug-likeness (QED) is 0.568. The Kier molecular flexibility index (Phi) is 7.02. The first-order valence-corrected chi connectivity index (χ1v) is 10.4. The van der Waals surface area contributed by atoms with Crippen molar-refractivity contribution in [3.05, 3.63) is 59.1 Å². The summed E-state index contributed by atoms with van der Waals surface area (Å²) in [6.07, 6.45) is 0. The summed E-state index contributed by atoms with van der Waals surface area (Å²) in [7, 11) is 1.59. The van der Waals surface area contributed by atoms with Crippen LogP contribution in [0, 0.1) is 5.92 Å². The van der Waals surface area contributed by atoms with Crippen molar-refractivity contribution in [2.24, 2.45) is 5.92 Å². The maximum atomic E-state index is 12.8. The molecule has 0 bridgehead atoms. The summed E-state index contributed by atoms with van der Waals surface area (Å²) < 4.78 is 5.22. The van der Waals surface area contributed by atoms with Gasteiger partial charge in [0.2, 0.25) is 11.0 Å². The molecule has 0 fully saturated rings. The molecule has 0 spiro atoms. The predicted molar refractivity (Wildman–Crippen MR) is 118 cm³/mol. The number of carbonyl (C=O) groups excluding carboxylic acids is 2. The number of ether oxygens (including phenoxy) is 1. The van der Waals surface area contributed by atoms with Crippen LogP contribution in [-0.4, -0.2) is 35.2 Å². The highest BCUT2D eigenvalue weighted by Gasteiger charge is 2.26. The summed E-state index contributed by atoms with van der Waals surface area (Å²) in [6, 6.07) is 13.3. The number of carbonyl (C=O) groups is 2. The molecule has 7 nitrogen and oxygen atoms in total. The number of methoxy groups -OCH3 is 1. The van der Waals surface area contributed by atoms with Gasteiger partial charge in [-0.1, -0.05) is 61.1 Å². The number of anilines is 1. The van der Waals surface area contributed by atoms with Crippen LogP contribution in [0.5, 0.6) is 5.75 Å². The largest absolute Gasteiger partial charge is 0.497 e. The zero-order valence-corrected chi connectivity index (χ0v) is 18.3. The van der Waals surface area contributed by atoms with E-state index >= 15 is 0 Å². The molecule has 3 aromatic rings. The summed E-state index contributed by atoms with van der Waals surface area (Å²) in [4.78, 5) is 25.4. The molecule has 0 aliphatic heterocycles. The van der Waals surface area contributed by atoms with Gasteiger partial charge in [-0.3, -0.25) is 14.9 Å². The molecule has 9 heteroatoms. The molecule has 1 atom stereocenters. The second-order valence-corrected chi connectivity index (χ2v) is 8.19. The Bertz CT molecular complexity index is 1050. The average molecular weight is 445 g/mol. The minimum absolute atomic E-state index is 0.151. The van der Waals surface area contributed by atoms with Crippen molar-refractivity contribution >= 4 is 39.9 Å². The summed E-state index contributed by atoms with van der Waals surface area (Å²) in [6.45, 7) is 3.69. The predicted octanol–water partition coefficient (Wildman–Crippen LogP) is 4.26. The van der Waals surface area contributed by atoms with Crippen molar-refractivity contribution in [1.29, 1.82) is 0 Å². The number of amides is 2. The topological polar surface area (TPSA) is 93.2 Å². The Morgan fingerprint density at radius 3 is 2.57 bits per heavy atom. The third-order valence-electron chi connectivity index (χ3n) is 4.33. The van der Waals surface area contributed by atoms with E-state index in [-0.39, 0.29) is 11.8 Å². The van der Waals surface area contributed by atoms with E-state index in [2.05, 4.69) is 20.8 Å². The van der Waals surface area contributed by atoms with Crippen LogP contribution in [0.2, 0.25) is 5.02 Å². The summed E-state index contributed by atoms with van der Waals surface area (Å²) in [5.41, 5.74) is 1.15. The molecular weight excluding hydrogens is 424 g/mol. The van der Waals surface area contributed by atoms with Crippen LogP contribution < -0.4 is 15.4 Å². The van der Waals surface area contributed by atoms with Gasteiger partial charge in [0, 0.05) is 5.56 Å². The van der Waals surface area contributed by atoms with Crippen LogP contribution in [0.15, 0.2) is 48.5 Å². The highest BCUT2D eigenvalue weighted by atomic mass is 35.5. The van der Waals surface area contributed by atoms with Gasteiger partial charge in [0.1, 0.15) is 16.8 Å². The number of nitrogens with zero attached hydrogens (tertiary/aromatic N) is 2.